The van der Waals surface area contributed by atoms with Crippen LogP contribution in [0.5, 0.6) is 0 Å². The fraction of sp³-hybridized carbons (Fsp3) is 0.625. The largest absolute Gasteiger partial charge is 0.370 e. The minimum atomic E-state index is -0.327. The van der Waals surface area contributed by atoms with Crippen LogP contribution >= 0.6 is 0 Å². The number of carbonyl (C=O) groups excluding carboxylic acids is 1. The van der Waals surface area contributed by atoms with Crippen LogP contribution in [0.15, 0.2) is 18.3 Å². The molecule has 0 spiro atoms. The third-order valence-corrected chi connectivity index (χ3v) is 4.14. The second-order valence-electron chi connectivity index (χ2n) is 5.72. The molecule has 1 atom stereocenters. The predicted octanol–water partition coefficient (Wildman–Crippen LogP) is 1.84. The van der Waals surface area contributed by atoms with E-state index in [0.29, 0.717) is 6.54 Å². The van der Waals surface area contributed by atoms with Crippen LogP contribution in [0, 0.1) is 6.92 Å². The minimum Gasteiger partial charge on any atom is -0.370 e. The van der Waals surface area contributed by atoms with E-state index in [-0.39, 0.29) is 11.4 Å². The molecule has 1 saturated heterocycles. The average molecular weight is 290 g/mol. The van der Waals surface area contributed by atoms with E-state index in [4.69, 9.17) is 0 Å². The molecule has 0 aliphatic carbocycles. The lowest BCUT2D eigenvalue weighted by Crippen LogP contribution is -2.53. The normalized spacial score (nSPS) is 21.2. The first-order valence-electron chi connectivity index (χ1n) is 7.86. The summed E-state index contributed by atoms with van der Waals surface area (Å²) in [4.78, 5) is 16.6. The highest BCUT2D eigenvalue weighted by Crippen LogP contribution is 2.22. The number of amides is 1. The van der Waals surface area contributed by atoms with E-state index in [1.54, 1.807) is 0 Å². The number of rotatable bonds is 7. The van der Waals surface area contributed by atoms with Crippen molar-refractivity contribution in [3.8, 4) is 0 Å². The summed E-state index contributed by atoms with van der Waals surface area (Å²) in [5.41, 5.74) is 0.827. The van der Waals surface area contributed by atoms with Crippen LogP contribution in [-0.4, -0.2) is 36.1 Å². The predicted molar refractivity (Wildman–Crippen MR) is 85.3 cm³/mol. The van der Waals surface area contributed by atoms with Gasteiger partial charge in [-0.1, -0.05) is 13.0 Å². The van der Waals surface area contributed by atoms with Crippen LogP contribution in [0.3, 0.4) is 0 Å². The molecule has 1 unspecified atom stereocenters. The van der Waals surface area contributed by atoms with E-state index in [1.807, 2.05) is 25.3 Å². The van der Waals surface area contributed by atoms with Gasteiger partial charge in [-0.2, -0.15) is 0 Å². The lowest BCUT2D eigenvalue weighted by atomic mass is 9.93. The van der Waals surface area contributed by atoms with E-state index in [1.165, 1.54) is 0 Å². The van der Waals surface area contributed by atoms with Gasteiger partial charge in [0.05, 0.1) is 5.54 Å². The lowest BCUT2D eigenvalue weighted by Gasteiger charge is -2.26. The highest BCUT2D eigenvalue weighted by Gasteiger charge is 2.38. The number of anilines is 1. The zero-order chi connectivity index (χ0) is 15.1. The Morgan fingerprint density at radius 3 is 2.90 bits per heavy atom. The molecule has 2 rings (SSSR count). The Bertz CT molecular complexity index is 452. The van der Waals surface area contributed by atoms with Gasteiger partial charge in [0.15, 0.2) is 0 Å². The maximum atomic E-state index is 12.3. The number of hydrogen-bond donors (Lipinski definition) is 3. The fourth-order valence-electron chi connectivity index (χ4n) is 2.71. The quantitative estimate of drug-likeness (QED) is 0.670. The van der Waals surface area contributed by atoms with Gasteiger partial charge in [-0.25, -0.2) is 4.98 Å². The van der Waals surface area contributed by atoms with E-state index in [2.05, 4.69) is 27.9 Å². The number of aryl methyl sites for hydroxylation is 1. The first-order chi connectivity index (χ1) is 10.2. The van der Waals surface area contributed by atoms with Crippen molar-refractivity contribution < 1.29 is 4.79 Å². The second kappa shape index (κ2) is 7.41. The maximum Gasteiger partial charge on any atom is 0.240 e. The van der Waals surface area contributed by atoms with E-state index in [9.17, 15) is 4.79 Å². The summed E-state index contributed by atoms with van der Waals surface area (Å²) in [5.74, 6) is 1.03. The number of pyridine rings is 1. The SMILES string of the molecule is CCC1(C(=O)NCCCNc2ccc(C)cn2)CCCN1. The lowest BCUT2D eigenvalue weighted by molar-refractivity contribution is -0.127. The zero-order valence-electron chi connectivity index (χ0n) is 13.0. The van der Waals surface area contributed by atoms with Crippen molar-refractivity contribution >= 4 is 11.7 Å². The van der Waals surface area contributed by atoms with Gasteiger partial charge < -0.3 is 16.0 Å². The van der Waals surface area contributed by atoms with E-state index >= 15 is 0 Å². The van der Waals surface area contributed by atoms with Crippen molar-refractivity contribution in [3.05, 3.63) is 23.9 Å². The molecular weight excluding hydrogens is 264 g/mol. The fourth-order valence-corrected chi connectivity index (χ4v) is 2.71. The Hall–Kier alpha value is -1.62. The number of nitrogens with one attached hydrogen (secondary N) is 3. The van der Waals surface area contributed by atoms with Crippen LogP contribution in [-0.2, 0) is 4.79 Å². The molecular formula is C16H26N4O. The Labute approximate surface area is 126 Å². The molecule has 1 amide bonds. The Balaban J connectivity index is 1.65. The Morgan fingerprint density at radius 2 is 2.29 bits per heavy atom. The van der Waals surface area contributed by atoms with Gasteiger partial charge in [0, 0.05) is 19.3 Å². The molecule has 5 nitrogen and oxygen atoms in total. The van der Waals surface area contributed by atoms with Crippen molar-refractivity contribution in [2.45, 2.75) is 45.1 Å². The summed E-state index contributed by atoms with van der Waals surface area (Å²) in [5, 5.41) is 9.66. The van der Waals surface area contributed by atoms with Gasteiger partial charge in [0.1, 0.15) is 5.82 Å². The Kier molecular flexibility index (Phi) is 5.56. The topological polar surface area (TPSA) is 66.0 Å². The molecule has 1 aromatic rings. The monoisotopic (exact) mass is 290 g/mol. The molecule has 0 bridgehead atoms. The standard InChI is InChI=1S/C16H26N4O/c1-3-16(8-4-11-20-16)15(21)18-10-5-9-17-14-7-6-13(2)12-19-14/h6-7,12,20H,3-5,8-11H2,1-2H3,(H,17,19)(H,18,21). The molecule has 0 radical (unpaired) electrons. The summed E-state index contributed by atoms with van der Waals surface area (Å²) in [6.07, 6.45) is 5.62. The maximum absolute atomic E-state index is 12.3. The highest BCUT2D eigenvalue weighted by molar-refractivity contribution is 5.86. The molecule has 0 aromatic carbocycles. The van der Waals surface area contributed by atoms with Crippen molar-refractivity contribution in [3.63, 3.8) is 0 Å². The van der Waals surface area contributed by atoms with Gasteiger partial charge in [0.25, 0.3) is 0 Å². The average Bonchev–Trinajstić information content (AvgIpc) is 2.99. The molecule has 116 valence electrons. The summed E-state index contributed by atoms with van der Waals surface area (Å²) in [7, 11) is 0. The summed E-state index contributed by atoms with van der Waals surface area (Å²) >= 11 is 0. The molecule has 1 aromatic heterocycles. The molecule has 1 aliphatic heterocycles. The van der Waals surface area contributed by atoms with Gasteiger partial charge in [-0.15, -0.1) is 0 Å². The number of carbonyl (C=O) groups is 1. The van der Waals surface area contributed by atoms with Crippen molar-refractivity contribution in [1.29, 1.82) is 0 Å². The molecule has 5 heteroatoms. The van der Waals surface area contributed by atoms with Crippen LogP contribution in [0.25, 0.3) is 0 Å². The highest BCUT2D eigenvalue weighted by atomic mass is 16.2. The number of aromatic nitrogens is 1. The Morgan fingerprint density at radius 1 is 1.43 bits per heavy atom. The van der Waals surface area contributed by atoms with Gasteiger partial charge in [0.2, 0.25) is 5.91 Å². The molecule has 2 heterocycles. The second-order valence-corrected chi connectivity index (χ2v) is 5.72. The van der Waals surface area contributed by atoms with Gasteiger partial charge in [-0.05, 0) is 50.8 Å². The number of hydrogen-bond acceptors (Lipinski definition) is 4. The zero-order valence-corrected chi connectivity index (χ0v) is 13.0. The third-order valence-electron chi connectivity index (χ3n) is 4.14. The third kappa shape index (κ3) is 4.17. The van der Waals surface area contributed by atoms with Crippen LogP contribution in [0.4, 0.5) is 5.82 Å². The first-order valence-corrected chi connectivity index (χ1v) is 7.86. The first kappa shape index (κ1) is 15.8. The summed E-state index contributed by atoms with van der Waals surface area (Å²) in [6.45, 7) is 6.54. The molecule has 3 N–H and O–H groups in total. The van der Waals surface area contributed by atoms with Gasteiger partial charge in [-0.3, -0.25) is 4.79 Å². The molecule has 1 fully saturated rings. The molecule has 21 heavy (non-hydrogen) atoms. The van der Waals surface area contributed by atoms with Crippen molar-refractivity contribution in [2.75, 3.05) is 25.0 Å². The minimum absolute atomic E-state index is 0.149. The smallest absolute Gasteiger partial charge is 0.240 e. The van der Waals surface area contributed by atoms with E-state index in [0.717, 1.165) is 50.2 Å². The molecule has 1 aliphatic rings. The van der Waals surface area contributed by atoms with Crippen LogP contribution in [0.1, 0.15) is 38.2 Å². The summed E-state index contributed by atoms with van der Waals surface area (Å²) < 4.78 is 0. The number of nitrogens with zero attached hydrogens (tertiary/aromatic N) is 1. The molecule has 0 saturated carbocycles. The van der Waals surface area contributed by atoms with Crippen molar-refractivity contribution in [1.82, 2.24) is 15.6 Å². The van der Waals surface area contributed by atoms with Crippen LogP contribution < -0.4 is 16.0 Å². The van der Waals surface area contributed by atoms with Crippen molar-refractivity contribution in [2.24, 2.45) is 0 Å². The van der Waals surface area contributed by atoms with Crippen LogP contribution in [0.2, 0.25) is 0 Å². The summed E-state index contributed by atoms with van der Waals surface area (Å²) in [6, 6.07) is 4.01. The van der Waals surface area contributed by atoms with Gasteiger partial charge >= 0.3 is 0 Å². The van der Waals surface area contributed by atoms with E-state index < -0.39 is 0 Å².